The van der Waals surface area contributed by atoms with Crippen LogP contribution in [0.5, 0.6) is 0 Å². The molecule has 0 fully saturated rings. The molecule has 4 heteroatoms. The van der Waals surface area contributed by atoms with Crippen molar-refractivity contribution in [3.63, 3.8) is 0 Å². The SMILES string of the molecule is N#Cc1cccc(-c2n[c]cs2)c1C#N. The first-order chi connectivity index (χ1) is 7.36. The summed E-state index contributed by atoms with van der Waals surface area (Å²) in [7, 11) is 0. The Morgan fingerprint density at radius 2 is 2.13 bits per heavy atom. The van der Waals surface area contributed by atoms with Gasteiger partial charge in [0.15, 0.2) is 0 Å². The van der Waals surface area contributed by atoms with E-state index in [2.05, 4.69) is 11.2 Å². The van der Waals surface area contributed by atoms with Gasteiger partial charge in [-0.3, -0.25) is 0 Å². The summed E-state index contributed by atoms with van der Waals surface area (Å²) in [5, 5.41) is 20.3. The van der Waals surface area contributed by atoms with E-state index in [1.54, 1.807) is 23.6 Å². The van der Waals surface area contributed by atoms with Crippen molar-refractivity contribution in [2.75, 3.05) is 0 Å². The van der Waals surface area contributed by atoms with Crippen molar-refractivity contribution in [3.8, 4) is 22.7 Å². The van der Waals surface area contributed by atoms with E-state index in [0.717, 1.165) is 0 Å². The molecule has 2 rings (SSSR count). The molecule has 0 spiro atoms. The fourth-order valence-electron chi connectivity index (χ4n) is 1.26. The zero-order valence-corrected chi connectivity index (χ0v) is 8.38. The van der Waals surface area contributed by atoms with Crippen LogP contribution in [0.1, 0.15) is 11.1 Å². The average Bonchev–Trinajstić information content (AvgIpc) is 2.81. The number of hydrogen-bond acceptors (Lipinski definition) is 4. The Hall–Kier alpha value is -2.17. The molecule has 0 N–H and O–H groups in total. The molecular formula is C11H4N3S. The lowest BCUT2D eigenvalue weighted by Gasteiger charge is -2.00. The molecule has 0 saturated heterocycles. The van der Waals surface area contributed by atoms with Crippen molar-refractivity contribution in [1.82, 2.24) is 4.98 Å². The van der Waals surface area contributed by atoms with E-state index >= 15 is 0 Å². The Bertz CT molecular complexity index is 559. The summed E-state index contributed by atoms with van der Waals surface area (Å²) in [6, 6.07) is 9.18. The lowest BCUT2D eigenvalue weighted by molar-refractivity contribution is 1.37. The number of hydrogen-bond donors (Lipinski definition) is 0. The van der Waals surface area contributed by atoms with Gasteiger partial charge in [-0.05, 0) is 6.07 Å². The topological polar surface area (TPSA) is 60.5 Å². The van der Waals surface area contributed by atoms with Gasteiger partial charge in [0.05, 0.1) is 11.1 Å². The van der Waals surface area contributed by atoms with E-state index in [0.29, 0.717) is 21.7 Å². The van der Waals surface area contributed by atoms with Gasteiger partial charge in [0.2, 0.25) is 0 Å². The Morgan fingerprint density at radius 1 is 1.27 bits per heavy atom. The largest absolute Gasteiger partial charge is 0.234 e. The molecule has 0 bridgehead atoms. The Kier molecular flexibility index (Phi) is 2.45. The van der Waals surface area contributed by atoms with Gasteiger partial charge in [0, 0.05) is 10.9 Å². The minimum Gasteiger partial charge on any atom is -0.234 e. The summed E-state index contributed by atoms with van der Waals surface area (Å²) < 4.78 is 0. The summed E-state index contributed by atoms with van der Waals surface area (Å²) >= 11 is 1.40. The van der Waals surface area contributed by atoms with Crippen LogP contribution in [0.25, 0.3) is 10.6 Å². The molecule has 3 nitrogen and oxygen atoms in total. The molecule has 0 aliphatic carbocycles. The van der Waals surface area contributed by atoms with Crippen LogP contribution in [0.4, 0.5) is 0 Å². The number of aromatic nitrogens is 1. The van der Waals surface area contributed by atoms with Crippen LogP contribution in [0, 0.1) is 28.9 Å². The maximum atomic E-state index is 8.99. The van der Waals surface area contributed by atoms with E-state index < -0.39 is 0 Å². The van der Waals surface area contributed by atoms with E-state index in [1.165, 1.54) is 11.3 Å². The van der Waals surface area contributed by atoms with Crippen molar-refractivity contribution < 1.29 is 0 Å². The first-order valence-electron chi connectivity index (χ1n) is 4.12. The van der Waals surface area contributed by atoms with Crippen LogP contribution in [-0.4, -0.2) is 4.98 Å². The smallest absolute Gasteiger partial charge is 0.125 e. The predicted octanol–water partition coefficient (Wildman–Crippen LogP) is 2.35. The second kappa shape index (κ2) is 3.91. The van der Waals surface area contributed by atoms with E-state index in [-0.39, 0.29) is 0 Å². The summed E-state index contributed by atoms with van der Waals surface area (Å²) in [6.45, 7) is 0. The van der Waals surface area contributed by atoms with Gasteiger partial charge in [-0.2, -0.15) is 10.5 Å². The number of thiazole rings is 1. The summed E-state index contributed by atoms with van der Waals surface area (Å²) in [5.41, 5.74) is 1.45. The summed E-state index contributed by atoms with van der Waals surface area (Å²) in [4.78, 5) is 4.00. The number of nitrogens with zero attached hydrogens (tertiary/aromatic N) is 3. The molecular weight excluding hydrogens is 206 g/mol. The van der Waals surface area contributed by atoms with E-state index in [1.807, 2.05) is 12.1 Å². The highest BCUT2D eigenvalue weighted by molar-refractivity contribution is 7.13. The fraction of sp³-hybridized carbons (Fsp3) is 0. The predicted molar refractivity (Wildman–Crippen MR) is 55.8 cm³/mol. The minimum atomic E-state index is 0.378. The molecule has 0 amide bonds. The van der Waals surface area contributed by atoms with Crippen LogP contribution in [0.15, 0.2) is 23.6 Å². The molecule has 0 saturated carbocycles. The van der Waals surface area contributed by atoms with Gasteiger partial charge >= 0.3 is 0 Å². The van der Waals surface area contributed by atoms with Crippen LogP contribution >= 0.6 is 11.3 Å². The fourth-order valence-corrected chi connectivity index (χ4v) is 1.88. The molecule has 0 aliphatic heterocycles. The Morgan fingerprint density at radius 3 is 2.73 bits per heavy atom. The van der Waals surface area contributed by atoms with E-state index in [9.17, 15) is 0 Å². The highest BCUT2D eigenvalue weighted by Gasteiger charge is 2.10. The molecule has 1 radical (unpaired) electrons. The monoisotopic (exact) mass is 210 g/mol. The quantitative estimate of drug-likeness (QED) is 0.725. The molecule has 15 heavy (non-hydrogen) atoms. The molecule has 1 aromatic carbocycles. The highest BCUT2D eigenvalue weighted by atomic mass is 32.1. The first kappa shape index (κ1) is 9.39. The van der Waals surface area contributed by atoms with Crippen LogP contribution in [0.2, 0.25) is 0 Å². The zero-order chi connectivity index (χ0) is 10.7. The van der Waals surface area contributed by atoms with Gasteiger partial charge in [-0.1, -0.05) is 12.1 Å². The average molecular weight is 210 g/mol. The molecule has 69 valence electrons. The highest BCUT2D eigenvalue weighted by Crippen LogP contribution is 2.26. The van der Waals surface area contributed by atoms with Crippen LogP contribution in [0.3, 0.4) is 0 Å². The standard InChI is InChI=1S/C11H4N3S/c12-6-8-2-1-3-9(10(8)7-13)11-14-4-5-15-11/h1-3,5H. The minimum absolute atomic E-state index is 0.378. The molecule has 2 aromatic rings. The van der Waals surface area contributed by atoms with Crippen molar-refractivity contribution in [1.29, 1.82) is 10.5 Å². The molecule has 1 aromatic heterocycles. The van der Waals surface area contributed by atoms with Gasteiger partial charge < -0.3 is 0 Å². The maximum absolute atomic E-state index is 8.99. The third-order valence-corrected chi connectivity index (χ3v) is 2.67. The lowest BCUT2D eigenvalue weighted by Crippen LogP contribution is -1.88. The molecule has 1 heterocycles. The van der Waals surface area contributed by atoms with E-state index in [4.69, 9.17) is 10.5 Å². The van der Waals surface area contributed by atoms with Crippen LogP contribution < -0.4 is 0 Å². The Balaban J connectivity index is 2.70. The third-order valence-electron chi connectivity index (χ3n) is 1.92. The van der Waals surface area contributed by atoms with Crippen LogP contribution in [-0.2, 0) is 0 Å². The van der Waals surface area contributed by atoms with Gasteiger partial charge in [-0.25, -0.2) is 4.98 Å². The molecule has 0 unspecified atom stereocenters. The number of benzene rings is 1. The third kappa shape index (κ3) is 1.59. The normalized spacial score (nSPS) is 9.20. The zero-order valence-electron chi connectivity index (χ0n) is 7.56. The van der Waals surface area contributed by atoms with Crippen molar-refractivity contribution >= 4 is 11.3 Å². The molecule has 0 aliphatic rings. The van der Waals surface area contributed by atoms with Gasteiger partial charge in [-0.15, -0.1) is 11.3 Å². The van der Waals surface area contributed by atoms with Crippen molar-refractivity contribution in [3.05, 3.63) is 40.9 Å². The lowest BCUT2D eigenvalue weighted by atomic mass is 10.0. The number of nitriles is 2. The summed E-state index contributed by atoms with van der Waals surface area (Å²) in [6.07, 6.45) is 2.69. The van der Waals surface area contributed by atoms with Crippen molar-refractivity contribution in [2.24, 2.45) is 0 Å². The summed E-state index contributed by atoms with van der Waals surface area (Å²) in [5.74, 6) is 0. The molecule has 0 atom stereocenters. The maximum Gasteiger partial charge on any atom is 0.125 e. The van der Waals surface area contributed by atoms with Crippen molar-refractivity contribution in [2.45, 2.75) is 0 Å². The second-order valence-electron chi connectivity index (χ2n) is 2.73. The number of rotatable bonds is 1. The van der Waals surface area contributed by atoms with Gasteiger partial charge in [0.1, 0.15) is 23.3 Å². The van der Waals surface area contributed by atoms with Gasteiger partial charge in [0.25, 0.3) is 0 Å². The Labute approximate surface area is 90.9 Å². The second-order valence-corrected chi connectivity index (χ2v) is 3.59. The first-order valence-corrected chi connectivity index (χ1v) is 5.00.